The Morgan fingerprint density at radius 3 is 2.95 bits per heavy atom. The summed E-state index contributed by atoms with van der Waals surface area (Å²) in [6, 6.07) is 4.51. The number of nitrogen functional groups attached to an aromatic ring is 1. The number of hydrogen-bond donors (Lipinski definition) is 1. The van der Waals surface area contributed by atoms with Gasteiger partial charge in [0.15, 0.2) is 0 Å². The van der Waals surface area contributed by atoms with Crippen molar-refractivity contribution < 1.29 is 13.2 Å². The maximum atomic E-state index is 12.7. The topological polar surface area (TPSA) is 72.6 Å². The van der Waals surface area contributed by atoms with Crippen LogP contribution in [0.3, 0.4) is 0 Å². The summed E-state index contributed by atoms with van der Waals surface area (Å²) in [4.78, 5) is 0.0862. The first-order chi connectivity index (χ1) is 9.45. The molecular formula is C13H19ClN2O3S. The normalized spacial score (nSPS) is 21.0. The molecule has 1 saturated heterocycles. The number of sulfonamides is 1. The summed E-state index contributed by atoms with van der Waals surface area (Å²) in [6.45, 7) is 1.54. The molecular weight excluding hydrogens is 300 g/mol. The average molecular weight is 319 g/mol. The average Bonchev–Trinajstić information content (AvgIpc) is 2.42. The van der Waals surface area contributed by atoms with Crippen molar-refractivity contribution in [3.63, 3.8) is 0 Å². The molecule has 1 atom stereocenters. The molecule has 2 N–H and O–H groups in total. The maximum absolute atomic E-state index is 12.7. The van der Waals surface area contributed by atoms with Gasteiger partial charge in [0.1, 0.15) is 4.90 Å². The first-order valence-corrected chi connectivity index (χ1v) is 8.31. The van der Waals surface area contributed by atoms with Crippen molar-refractivity contribution in [2.75, 3.05) is 32.5 Å². The van der Waals surface area contributed by atoms with Gasteiger partial charge < -0.3 is 10.5 Å². The second-order valence-corrected chi connectivity index (χ2v) is 7.35. The number of piperidine rings is 1. The second kappa shape index (κ2) is 6.30. The fourth-order valence-electron chi connectivity index (χ4n) is 2.49. The van der Waals surface area contributed by atoms with Crippen LogP contribution in [0.2, 0.25) is 5.02 Å². The van der Waals surface area contributed by atoms with E-state index in [-0.39, 0.29) is 16.5 Å². The fourth-order valence-corrected chi connectivity index (χ4v) is 4.42. The Morgan fingerprint density at radius 1 is 1.50 bits per heavy atom. The van der Waals surface area contributed by atoms with E-state index in [1.165, 1.54) is 16.4 Å². The molecule has 0 radical (unpaired) electrons. The van der Waals surface area contributed by atoms with Crippen LogP contribution in [0.1, 0.15) is 12.8 Å². The molecule has 0 aliphatic carbocycles. The number of benzene rings is 1. The summed E-state index contributed by atoms with van der Waals surface area (Å²) >= 11 is 5.88. The third-order valence-electron chi connectivity index (χ3n) is 3.48. The molecule has 1 heterocycles. The first-order valence-electron chi connectivity index (χ1n) is 6.49. The van der Waals surface area contributed by atoms with E-state index in [2.05, 4.69) is 0 Å². The lowest BCUT2D eigenvalue weighted by atomic mass is 10.0. The van der Waals surface area contributed by atoms with Gasteiger partial charge in [-0.25, -0.2) is 8.42 Å². The Hall–Kier alpha value is -0.820. The molecule has 7 heteroatoms. The van der Waals surface area contributed by atoms with E-state index in [9.17, 15) is 8.42 Å². The van der Waals surface area contributed by atoms with Crippen LogP contribution in [-0.2, 0) is 14.8 Å². The van der Waals surface area contributed by atoms with Gasteiger partial charge in [-0.15, -0.1) is 0 Å². The number of nitrogens with two attached hydrogens (primary N) is 1. The van der Waals surface area contributed by atoms with Crippen molar-refractivity contribution in [3.05, 3.63) is 23.2 Å². The standard InChI is InChI=1S/C13H19ClN2O3S/c1-19-9-10-3-2-6-16(8-10)20(17,18)13-7-11(14)4-5-12(13)15/h4-5,7,10H,2-3,6,8-9,15H2,1H3. The SMILES string of the molecule is COCC1CCCN(S(=O)(=O)c2cc(Cl)ccc2N)C1. The molecule has 5 nitrogen and oxygen atoms in total. The highest BCUT2D eigenvalue weighted by Gasteiger charge is 2.31. The smallest absolute Gasteiger partial charge is 0.245 e. The number of nitrogens with zero attached hydrogens (tertiary/aromatic N) is 1. The van der Waals surface area contributed by atoms with Crippen LogP contribution in [0.4, 0.5) is 5.69 Å². The molecule has 1 aromatic rings. The number of methoxy groups -OCH3 is 1. The molecule has 1 fully saturated rings. The Balaban J connectivity index is 2.27. The van der Waals surface area contributed by atoms with E-state index in [0.717, 1.165) is 12.8 Å². The maximum Gasteiger partial charge on any atom is 0.245 e. The summed E-state index contributed by atoms with van der Waals surface area (Å²) in [6.07, 6.45) is 1.80. The van der Waals surface area contributed by atoms with Gasteiger partial charge in [-0.05, 0) is 37.0 Å². The van der Waals surface area contributed by atoms with E-state index < -0.39 is 10.0 Å². The second-order valence-electron chi connectivity index (χ2n) is 5.01. The lowest BCUT2D eigenvalue weighted by molar-refractivity contribution is 0.118. The molecule has 0 amide bonds. The molecule has 1 aromatic carbocycles. The van der Waals surface area contributed by atoms with Gasteiger partial charge in [0.2, 0.25) is 10.0 Å². The van der Waals surface area contributed by atoms with Crippen LogP contribution in [0.5, 0.6) is 0 Å². The molecule has 1 aliphatic rings. The first kappa shape index (κ1) is 15.6. The quantitative estimate of drug-likeness (QED) is 0.861. The number of anilines is 1. The Kier molecular flexibility index (Phi) is 4.90. The highest BCUT2D eigenvalue weighted by atomic mass is 35.5. The highest BCUT2D eigenvalue weighted by Crippen LogP contribution is 2.29. The minimum Gasteiger partial charge on any atom is -0.398 e. The lowest BCUT2D eigenvalue weighted by Crippen LogP contribution is -2.41. The summed E-state index contributed by atoms with van der Waals surface area (Å²) in [5.41, 5.74) is 6.01. The van der Waals surface area contributed by atoms with Crippen LogP contribution >= 0.6 is 11.6 Å². The Labute approximate surface area is 124 Å². The van der Waals surface area contributed by atoms with E-state index in [1.54, 1.807) is 13.2 Å². The van der Waals surface area contributed by atoms with Gasteiger partial charge in [-0.1, -0.05) is 11.6 Å². The summed E-state index contributed by atoms with van der Waals surface area (Å²) in [5.74, 6) is 0.226. The molecule has 1 aliphatic heterocycles. The van der Waals surface area contributed by atoms with Gasteiger partial charge in [-0.3, -0.25) is 0 Å². The zero-order valence-corrected chi connectivity index (χ0v) is 13.0. The van der Waals surface area contributed by atoms with Gasteiger partial charge in [0.25, 0.3) is 0 Å². The number of halogens is 1. The molecule has 0 saturated carbocycles. The minimum atomic E-state index is -3.60. The third kappa shape index (κ3) is 3.25. The van der Waals surface area contributed by atoms with Crippen LogP contribution in [0.15, 0.2) is 23.1 Å². The zero-order chi connectivity index (χ0) is 14.8. The summed E-state index contributed by atoms with van der Waals surface area (Å²) < 4.78 is 31.9. The van der Waals surface area contributed by atoms with Crippen molar-refractivity contribution >= 4 is 27.3 Å². The monoisotopic (exact) mass is 318 g/mol. The van der Waals surface area contributed by atoms with Crippen LogP contribution in [0.25, 0.3) is 0 Å². The van der Waals surface area contributed by atoms with Crippen molar-refractivity contribution in [2.24, 2.45) is 5.92 Å². The number of hydrogen-bond acceptors (Lipinski definition) is 4. The molecule has 0 spiro atoms. The van der Waals surface area contributed by atoms with Gasteiger partial charge in [0.05, 0.1) is 12.3 Å². The van der Waals surface area contributed by atoms with Crippen molar-refractivity contribution in [1.29, 1.82) is 0 Å². The minimum absolute atomic E-state index is 0.0862. The molecule has 0 aromatic heterocycles. The Morgan fingerprint density at radius 2 is 2.25 bits per heavy atom. The Bertz CT molecular complexity index is 575. The van der Waals surface area contributed by atoms with E-state index in [0.29, 0.717) is 24.7 Å². The van der Waals surface area contributed by atoms with Gasteiger partial charge in [0, 0.05) is 25.2 Å². The summed E-state index contributed by atoms with van der Waals surface area (Å²) in [7, 11) is -1.97. The third-order valence-corrected chi connectivity index (χ3v) is 5.63. The lowest BCUT2D eigenvalue weighted by Gasteiger charge is -2.31. The highest BCUT2D eigenvalue weighted by molar-refractivity contribution is 7.89. The van der Waals surface area contributed by atoms with Crippen molar-refractivity contribution in [3.8, 4) is 0 Å². The van der Waals surface area contributed by atoms with Gasteiger partial charge >= 0.3 is 0 Å². The number of rotatable bonds is 4. The van der Waals surface area contributed by atoms with Crippen molar-refractivity contribution in [1.82, 2.24) is 4.31 Å². The molecule has 112 valence electrons. The molecule has 20 heavy (non-hydrogen) atoms. The van der Waals surface area contributed by atoms with E-state index >= 15 is 0 Å². The predicted molar refractivity (Wildman–Crippen MR) is 79.2 cm³/mol. The largest absolute Gasteiger partial charge is 0.398 e. The summed E-state index contributed by atoms with van der Waals surface area (Å²) in [5, 5.41) is 0.364. The molecule has 0 bridgehead atoms. The van der Waals surface area contributed by atoms with Gasteiger partial charge in [-0.2, -0.15) is 4.31 Å². The van der Waals surface area contributed by atoms with E-state index in [4.69, 9.17) is 22.1 Å². The van der Waals surface area contributed by atoms with Crippen molar-refractivity contribution in [2.45, 2.75) is 17.7 Å². The van der Waals surface area contributed by atoms with Crippen LogP contribution < -0.4 is 5.73 Å². The van der Waals surface area contributed by atoms with Crippen LogP contribution in [-0.4, -0.2) is 39.5 Å². The fraction of sp³-hybridized carbons (Fsp3) is 0.538. The van der Waals surface area contributed by atoms with E-state index in [1.807, 2.05) is 0 Å². The molecule has 2 rings (SSSR count). The number of ether oxygens (including phenoxy) is 1. The predicted octanol–water partition coefficient (Wildman–Crippen LogP) is 1.97. The van der Waals surface area contributed by atoms with Crippen LogP contribution in [0, 0.1) is 5.92 Å². The molecule has 1 unspecified atom stereocenters. The zero-order valence-electron chi connectivity index (χ0n) is 11.4.